The first kappa shape index (κ1) is 12.0. The Kier molecular flexibility index (Phi) is 3.29. The van der Waals surface area contributed by atoms with Crippen LogP contribution in [0.25, 0.3) is 0 Å². The van der Waals surface area contributed by atoms with Crippen molar-refractivity contribution in [2.75, 3.05) is 0 Å². The topological polar surface area (TPSA) is 74.6 Å². The van der Waals surface area contributed by atoms with Gasteiger partial charge in [-0.3, -0.25) is 9.59 Å². The first-order valence-electron chi connectivity index (χ1n) is 4.52. The number of hydrogen-bond donors (Lipinski definition) is 2. The summed E-state index contributed by atoms with van der Waals surface area (Å²) in [5.74, 6) is -2.18. The van der Waals surface area contributed by atoms with Gasteiger partial charge in [-0.2, -0.15) is 0 Å². The molecule has 0 amide bonds. The van der Waals surface area contributed by atoms with Crippen molar-refractivity contribution in [3.05, 3.63) is 0 Å². The van der Waals surface area contributed by atoms with Crippen molar-refractivity contribution in [2.24, 2.45) is 17.3 Å². The minimum atomic E-state index is -0.940. The number of hydrogen-bond acceptors (Lipinski definition) is 2. The van der Waals surface area contributed by atoms with Gasteiger partial charge >= 0.3 is 11.9 Å². The fourth-order valence-corrected chi connectivity index (χ4v) is 2.94. The molecule has 2 aliphatic rings. The molecule has 2 aliphatic carbocycles. The molecule has 2 saturated carbocycles. The van der Waals surface area contributed by atoms with Crippen molar-refractivity contribution in [1.29, 1.82) is 0 Å². The van der Waals surface area contributed by atoms with Crippen molar-refractivity contribution in [1.82, 2.24) is 0 Å². The van der Waals surface area contributed by atoms with Gasteiger partial charge < -0.3 is 10.2 Å². The summed E-state index contributed by atoms with van der Waals surface area (Å²) in [6.45, 7) is 0. The van der Waals surface area contributed by atoms with Crippen LogP contribution in [0.2, 0.25) is 0 Å². The molecule has 14 heavy (non-hydrogen) atoms. The predicted molar refractivity (Wildman–Crippen MR) is 48.9 cm³/mol. The second-order valence-corrected chi connectivity index (χ2v) is 4.20. The molecular weight excluding hydrogens is 195 g/mol. The third-order valence-electron chi connectivity index (χ3n) is 3.61. The van der Waals surface area contributed by atoms with Crippen LogP contribution in [-0.2, 0) is 9.59 Å². The van der Waals surface area contributed by atoms with E-state index in [-0.39, 0.29) is 29.6 Å². The van der Waals surface area contributed by atoms with E-state index in [2.05, 4.69) is 0 Å². The van der Waals surface area contributed by atoms with E-state index in [9.17, 15) is 9.59 Å². The van der Waals surface area contributed by atoms with E-state index in [4.69, 9.17) is 10.2 Å². The third-order valence-corrected chi connectivity index (χ3v) is 3.61. The van der Waals surface area contributed by atoms with Gasteiger partial charge in [-0.25, -0.2) is 0 Å². The molecule has 0 heterocycles. The average Bonchev–Trinajstić information content (AvgIpc) is 2.60. The van der Waals surface area contributed by atoms with Gasteiger partial charge in [0.1, 0.15) is 0 Å². The second kappa shape index (κ2) is 3.83. The van der Waals surface area contributed by atoms with Crippen LogP contribution >= 0.6 is 0 Å². The van der Waals surface area contributed by atoms with Crippen molar-refractivity contribution in [2.45, 2.75) is 25.7 Å². The predicted octanol–water partition coefficient (Wildman–Crippen LogP) is 0.581. The molecule has 0 saturated heterocycles. The largest absolute Gasteiger partial charge is 0.481 e. The quantitative estimate of drug-likeness (QED) is 0.649. The summed E-state index contributed by atoms with van der Waals surface area (Å²) in [5, 5.41) is 17.9. The average molecular weight is 207 g/mol. The first-order chi connectivity index (χ1) is 6.06. The first-order valence-corrected chi connectivity index (χ1v) is 4.52. The van der Waals surface area contributed by atoms with Crippen LogP contribution in [0, 0.1) is 17.3 Å². The van der Waals surface area contributed by atoms with Crippen molar-refractivity contribution in [3.63, 3.8) is 0 Å². The molecule has 0 aromatic rings. The van der Waals surface area contributed by atoms with E-state index in [1.807, 2.05) is 0 Å². The van der Waals surface area contributed by atoms with Gasteiger partial charge in [0.2, 0.25) is 0 Å². The van der Waals surface area contributed by atoms with Gasteiger partial charge in [0.05, 0.1) is 11.3 Å². The molecule has 0 aliphatic heterocycles. The van der Waals surface area contributed by atoms with Gasteiger partial charge in [-0.05, 0) is 31.6 Å². The van der Waals surface area contributed by atoms with Crippen molar-refractivity contribution < 1.29 is 19.8 Å². The Morgan fingerprint density at radius 3 is 2.29 bits per heavy atom. The zero-order valence-electron chi connectivity index (χ0n) is 8.19. The molecule has 5 heteroatoms. The molecular formula is C9H12NaO4. The fourth-order valence-electron chi connectivity index (χ4n) is 2.94. The Morgan fingerprint density at radius 1 is 1.29 bits per heavy atom. The summed E-state index contributed by atoms with van der Waals surface area (Å²) in [4.78, 5) is 21.9. The summed E-state index contributed by atoms with van der Waals surface area (Å²) in [5.41, 5.74) is -0.934. The molecule has 0 aromatic carbocycles. The maximum absolute atomic E-state index is 11.0. The van der Waals surface area contributed by atoms with Gasteiger partial charge in [0, 0.05) is 29.6 Å². The zero-order chi connectivity index (χ0) is 9.64. The summed E-state index contributed by atoms with van der Waals surface area (Å²) in [6.07, 6.45) is 2.56. The van der Waals surface area contributed by atoms with Crippen molar-refractivity contribution >= 4 is 41.5 Å². The minimum Gasteiger partial charge on any atom is -0.481 e. The molecule has 2 rings (SSSR count). The van der Waals surface area contributed by atoms with Gasteiger partial charge in [-0.15, -0.1) is 0 Å². The number of rotatable bonds is 2. The Morgan fingerprint density at radius 2 is 1.93 bits per heavy atom. The summed E-state index contributed by atoms with van der Waals surface area (Å²) < 4.78 is 0. The van der Waals surface area contributed by atoms with Gasteiger partial charge in [0.15, 0.2) is 0 Å². The number of carboxylic acids is 2. The smallest absolute Gasteiger partial charge is 0.310 e. The maximum atomic E-state index is 11.0. The Labute approximate surface area is 104 Å². The van der Waals surface area contributed by atoms with Crippen LogP contribution in [-0.4, -0.2) is 51.7 Å². The van der Waals surface area contributed by atoms with Crippen molar-refractivity contribution in [3.8, 4) is 0 Å². The fraction of sp³-hybridized carbons (Fsp3) is 0.778. The summed E-state index contributed by atoms with van der Waals surface area (Å²) in [7, 11) is 0. The molecule has 1 radical (unpaired) electrons. The number of carbonyl (C=O) groups is 2. The summed E-state index contributed by atoms with van der Waals surface area (Å²) in [6, 6.07) is 0. The molecule has 3 atom stereocenters. The number of carboxylic acid groups (broad SMARTS) is 2. The molecule has 2 N–H and O–H groups in total. The second-order valence-electron chi connectivity index (χ2n) is 4.20. The molecule has 0 spiro atoms. The Bertz CT molecular complexity index is 278. The van der Waals surface area contributed by atoms with E-state index >= 15 is 0 Å². The van der Waals surface area contributed by atoms with Crippen LogP contribution in [0.5, 0.6) is 0 Å². The van der Waals surface area contributed by atoms with E-state index in [0.717, 1.165) is 6.42 Å². The maximum Gasteiger partial charge on any atom is 0.310 e. The Hall–Kier alpha value is -0.0600. The van der Waals surface area contributed by atoms with E-state index in [1.165, 1.54) is 0 Å². The van der Waals surface area contributed by atoms with Crippen LogP contribution in [0.3, 0.4) is 0 Å². The number of fused-ring (bicyclic) bond motifs is 2. The number of aliphatic carboxylic acids is 2. The van der Waals surface area contributed by atoms with Crippen LogP contribution in [0.4, 0.5) is 0 Å². The SMILES string of the molecule is O=C(O)C1CC2CCC1(C(=O)O)C2.[Na]. The standard InChI is InChI=1S/C9H12O4.Na/c10-7(11)6-3-5-1-2-9(6,4-5)8(12)13;/h5-6H,1-4H2,(H,10,11)(H,12,13);. The van der Waals surface area contributed by atoms with Crippen LogP contribution < -0.4 is 0 Å². The molecule has 2 fully saturated rings. The van der Waals surface area contributed by atoms with Gasteiger partial charge in [0.25, 0.3) is 0 Å². The van der Waals surface area contributed by atoms with E-state index in [0.29, 0.717) is 25.2 Å². The monoisotopic (exact) mass is 207 g/mol. The molecule has 0 aromatic heterocycles. The van der Waals surface area contributed by atoms with E-state index in [1.54, 1.807) is 0 Å². The zero-order valence-corrected chi connectivity index (χ0v) is 10.2. The van der Waals surface area contributed by atoms with Gasteiger partial charge in [-0.1, -0.05) is 0 Å². The Balaban J connectivity index is 0.000000980. The molecule has 73 valence electrons. The third kappa shape index (κ3) is 1.49. The molecule has 3 unspecified atom stereocenters. The normalized spacial score (nSPS) is 39.1. The van der Waals surface area contributed by atoms with Crippen LogP contribution in [0.15, 0.2) is 0 Å². The molecule has 4 nitrogen and oxygen atoms in total. The minimum absolute atomic E-state index is 0. The summed E-state index contributed by atoms with van der Waals surface area (Å²) >= 11 is 0. The van der Waals surface area contributed by atoms with E-state index < -0.39 is 23.3 Å². The van der Waals surface area contributed by atoms with Crippen LogP contribution in [0.1, 0.15) is 25.7 Å². The molecule has 2 bridgehead atoms.